The molecule has 0 N–H and O–H groups in total. The lowest BCUT2D eigenvalue weighted by Gasteiger charge is -2.37. The van der Waals surface area contributed by atoms with E-state index in [1.54, 1.807) is 0 Å². The highest BCUT2D eigenvalue weighted by atomic mass is 16.6. The lowest BCUT2D eigenvalue weighted by molar-refractivity contribution is 0.110. The van der Waals surface area contributed by atoms with Crippen LogP contribution in [-0.2, 0) is 9.47 Å². The minimum absolute atomic E-state index is 0.666. The molecule has 0 aromatic carbocycles. The van der Waals surface area contributed by atoms with Gasteiger partial charge in [-0.05, 0) is 55.3 Å². The molecule has 82 valence electrons. The molecule has 8 unspecified atom stereocenters. The van der Waals surface area contributed by atoms with Crippen LogP contribution in [0.4, 0.5) is 0 Å². The summed E-state index contributed by atoms with van der Waals surface area (Å²) in [5, 5.41) is 0. The Morgan fingerprint density at radius 2 is 1.33 bits per heavy atom. The van der Waals surface area contributed by atoms with Crippen LogP contribution >= 0.6 is 0 Å². The second kappa shape index (κ2) is 2.43. The molecule has 2 saturated heterocycles. The predicted molar refractivity (Wildman–Crippen MR) is 54.3 cm³/mol. The molecule has 5 fully saturated rings. The normalized spacial score (nSPS) is 68.8. The zero-order chi connectivity index (χ0) is 9.57. The molecule has 0 radical (unpaired) electrons. The van der Waals surface area contributed by atoms with Crippen molar-refractivity contribution in [2.45, 2.75) is 44.0 Å². The number of hydrogen-bond acceptors (Lipinski definition) is 2. The summed E-state index contributed by atoms with van der Waals surface area (Å²) in [6, 6.07) is 0. The highest BCUT2D eigenvalue weighted by Gasteiger charge is 2.61. The number of rotatable bonds is 1. The van der Waals surface area contributed by atoms with Gasteiger partial charge in [-0.25, -0.2) is 0 Å². The maximum absolute atomic E-state index is 5.72. The SMILES string of the molecule is C1OC1C1CC2CC1C1CC3OC3CC21. The minimum Gasteiger partial charge on any atom is -0.373 e. The van der Waals surface area contributed by atoms with E-state index in [1.165, 1.54) is 25.7 Å². The Bertz CT molecular complexity index is 312. The fourth-order valence-corrected chi connectivity index (χ4v) is 5.23. The van der Waals surface area contributed by atoms with Gasteiger partial charge in [0.2, 0.25) is 0 Å². The Hall–Kier alpha value is -0.0800. The first-order chi connectivity index (χ1) is 7.40. The molecule has 2 aliphatic heterocycles. The molecule has 3 aliphatic carbocycles. The van der Waals surface area contributed by atoms with Crippen molar-refractivity contribution in [2.75, 3.05) is 6.61 Å². The van der Waals surface area contributed by atoms with E-state index in [0.29, 0.717) is 18.3 Å². The molecule has 0 spiro atoms. The Morgan fingerprint density at radius 3 is 2.13 bits per heavy atom. The van der Waals surface area contributed by atoms with Gasteiger partial charge in [-0.15, -0.1) is 0 Å². The zero-order valence-corrected chi connectivity index (χ0v) is 8.97. The second-order valence-corrected chi connectivity index (χ2v) is 6.44. The smallest absolute Gasteiger partial charge is 0.0844 e. The molecule has 0 amide bonds. The van der Waals surface area contributed by atoms with E-state index in [1.807, 2.05) is 0 Å². The van der Waals surface area contributed by atoms with E-state index in [-0.39, 0.29) is 0 Å². The van der Waals surface area contributed by atoms with Gasteiger partial charge in [-0.3, -0.25) is 0 Å². The fourth-order valence-electron chi connectivity index (χ4n) is 5.23. The van der Waals surface area contributed by atoms with E-state index in [4.69, 9.17) is 9.47 Å². The van der Waals surface area contributed by atoms with Crippen LogP contribution in [0.15, 0.2) is 0 Å². The highest BCUT2D eigenvalue weighted by molar-refractivity contribution is 5.10. The average Bonchev–Trinajstić information content (AvgIpc) is 3.15. The van der Waals surface area contributed by atoms with Gasteiger partial charge in [-0.2, -0.15) is 0 Å². The van der Waals surface area contributed by atoms with Crippen LogP contribution in [0, 0.1) is 29.6 Å². The van der Waals surface area contributed by atoms with Crippen LogP contribution in [0.25, 0.3) is 0 Å². The molecule has 0 aromatic rings. The van der Waals surface area contributed by atoms with Gasteiger partial charge in [0, 0.05) is 0 Å². The van der Waals surface area contributed by atoms with Crippen molar-refractivity contribution in [3.05, 3.63) is 0 Å². The van der Waals surface area contributed by atoms with Crippen LogP contribution in [-0.4, -0.2) is 24.9 Å². The summed E-state index contributed by atoms with van der Waals surface area (Å²) in [4.78, 5) is 0. The molecule has 5 rings (SSSR count). The molecule has 3 saturated carbocycles. The zero-order valence-electron chi connectivity index (χ0n) is 8.97. The van der Waals surface area contributed by atoms with Crippen molar-refractivity contribution in [3.63, 3.8) is 0 Å². The topological polar surface area (TPSA) is 25.1 Å². The van der Waals surface area contributed by atoms with E-state index in [9.17, 15) is 0 Å². The van der Waals surface area contributed by atoms with Gasteiger partial charge in [0.05, 0.1) is 24.9 Å². The maximum Gasteiger partial charge on any atom is 0.0844 e. The lowest BCUT2D eigenvalue weighted by atomic mass is 9.67. The summed E-state index contributed by atoms with van der Waals surface area (Å²) in [6.45, 7) is 1.06. The van der Waals surface area contributed by atoms with E-state index < -0.39 is 0 Å². The van der Waals surface area contributed by atoms with Crippen molar-refractivity contribution in [1.29, 1.82) is 0 Å². The summed E-state index contributed by atoms with van der Waals surface area (Å²) in [6.07, 6.45) is 7.81. The third-order valence-corrected chi connectivity index (χ3v) is 5.94. The molecule has 5 aliphatic rings. The molecule has 8 atom stereocenters. The standard InChI is InChI=1S/C13H18O2/c1-6-2-10(13-5-14-13)8(1)9-4-12-11(15-12)3-7(6)9/h6-13H,1-5H2. The van der Waals surface area contributed by atoms with Crippen LogP contribution < -0.4 is 0 Å². The molecule has 2 bridgehead atoms. The second-order valence-electron chi connectivity index (χ2n) is 6.44. The number of hydrogen-bond donors (Lipinski definition) is 0. The van der Waals surface area contributed by atoms with Crippen molar-refractivity contribution in [3.8, 4) is 0 Å². The molecular formula is C13H18O2. The third-order valence-electron chi connectivity index (χ3n) is 5.94. The largest absolute Gasteiger partial charge is 0.373 e. The van der Waals surface area contributed by atoms with Crippen LogP contribution in [0.3, 0.4) is 0 Å². The molecular weight excluding hydrogens is 188 g/mol. The number of fused-ring (bicyclic) bond motifs is 6. The minimum atomic E-state index is 0.666. The highest BCUT2D eigenvalue weighted by Crippen LogP contribution is 2.64. The van der Waals surface area contributed by atoms with Gasteiger partial charge in [0.15, 0.2) is 0 Å². The van der Waals surface area contributed by atoms with E-state index in [0.717, 1.165) is 36.2 Å². The van der Waals surface area contributed by atoms with E-state index >= 15 is 0 Å². The fraction of sp³-hybridized carbons (Fsp3) is 1.00. The summed E-state index contributed by atoms with van der Waals surface area (Å²) in [7, 11) is 0. The lowest BCUT2D eigenvalue weighted by Crippen LogP contribution is -2.35. The monoisotopic (exact) mass is 206 g/mol. The summed E-state index contributed by atoms with van der Waals surface area (Å²) in [5.74, 6) is 5.04. The number of ether oxygens (including phenoxy) is 2. The van der Waals surface area contributed by atoms with Gasteiger partial charge in [-0.1, -0.05) is 0 Å². The average molecular weight is 206 g/mol. The van der Waals surface area contributed by atoms with Gasteiger partial charge in [0.25, 0.3) is 0 Å². The molecule has 15 heavy (non-hydrogen) atoms. The molecule has 2 heteroatoms. The van der Waals surface area contributed by atoms with E-state index in [2.05, 4.69) is 0 Å². The van der Waals surface area contributed by atoms with Crippen LogP contribution in [0.1, 0.15) is 25.7 Å². The summed E-state index contributed by atoms with van der Waals surface area (Å²) < 4.78 is 11.2. The third kappa shape index (κ3) is 0.980. The number of epoxide rings is 2. The summed E-state index contributed by atoms with van der Waals surface area (Å²) >= 11 is 0. The Balaban J connectivity index is 1.45. The first kappa shape index (κ1) is 8.08. The van der Waals surface area contributed by atoms with Gasteiger partial charge in [0.1, 0.15) is 0 Å². The Kier molecular flexibility index (Phi) is 1.31. The van der Waals surface area contributed by atoms with Crippen molar-refractivity contribution in [1.82, 2.24) is 0 Å². The maximum atomic E-state index is 5.72. The first-order valence-corrected chi connectivity index (χ1v) is 6.67. The quantitative estimate of drug-likeness (QED) is 0.611. The summed E-state index contributed by atoms with van der Waals surface area (Å²) in [5.41, 5.74) is 0. The Morgan fingerprint density at radius 1 is 0.667 bits per heavy atom. The van der Waals surface area contributed by atoms with Gasteiger partial charge >= 0.3 is 0 Å². The van der Waals surface area contributed by atoms with Crippen molar-refractivity contribution < 1.29 is 9.47 Å². The van der Waals surface area contributed by atoms with Crippen LogP contribution in [0.5, 0.6) is 0 Å². The molecule has 0 aromatic heterocycles. The van der Waals surface area contributed by atoms with Crippen LogP contribution in [0.2, 0.25) is 0 Å². The van der Waals surface area contributed by atoms with Crippen molar-refractivity contribution in [2.24, 2.45) is 29.6 Å². The molecule has 2 heterocycles. The van der Waals surface area contributed by atoms with Gasteiger partial charge < -0.3 is 9.47 Å². The first-order valence-electron chi connectivity index (χ1n) is 6.67. The predicted octanol–water partition coefficient (Wildman–Crippen LogP) is 1.83. The molecule has 2 nitrogen and oxygen atoms in total. The Labute approximate surface area is 90.3 Å². The van der Waals surface area contributed by atoms with Crippen molar-refractivity contribution >= 4 is 0 Å².